The highest BCUT2D eigenvalue weighted by Gasteiger charge is 2.45. The molecule has 206 valence electrons. The van der Waals surface area contributed by atoms with Gasteiger partial charge in [0, 0.05) is 50.1 Å². The van der Waals surface area contributed by atoms with Gasteiger partial charge in [0.2, 0.25) is 11.8 Å². The molecule has 4 heterocycles. The molecule has 0 radical (unpaired) electrons. The van der Waals surface area contributed by atoms with E-state index in [9.17, 15) is 14.4 Å². The largest absolute Gasteiger partial charge is 0.450 e. The number of hydrogen-bond donors (Lipinski definition) is 1. The number of benzene rings is 1. The maximum Gasteiger partial charge on any atom is 0.409 e. The van der Waals surface area contributed by atoms with Crippen molar-refractivity contribution in [2.24, 2.45) is 18.9 Å². The smallest absolute Gasteiger partial charge is 0.409 e. The fourth-order valence-electron chi connectivity index (χ4n) is 6.15. The van der Waals surface area contributed by atoms with E-state index in [1.165, 1.54) is 0 Å². The van der Waals surface area contributed by atoms with Gasteiger partial charge in [0.25, 0.3) is 5.92 Å². The number of halogens is 2. The van der Waals surface area contributed by atoms with Gasteiger partial charge in [-0.1, -0.05) is 0 Å². The molecule has 38 heavy (non-hydrogen) atoms. The van der Waals surface area contributed by atoms with E-state index in [1.54, 1.807) is 28.5 Å². The molecule has 2 aromatic rings. The molecule has 3 aliphatic rings. The molecule has 3 saturated heterocycles. The molecule has 3 aliphatic heterocycles. The van der Waals surface area contributed by atoms with Gasteiger partial charge in [-0.3, -0.25) is 19.6 Å². The second kappa shape index (κ2) is 10.5. The number of piperidine rings is 3. The van der Waals surface area contributed by atoms with Gasteiger partial charge >= 0.3 is 6.09 Å². The molecule has 11 heteroatoms. The first-order chi connectivity index (χ1) is 18.2. The Balaban J connectivity index is 1.24. The fourth-order valence-corrected chi connectivity index (χ4v) is 6.15. The van der Waals surface area contributed by atoms with Crippen LogP contribution in [0.15, 0.2) is 18.2 Å². The molecule has 3 fully saturated rings. The quantitative estimate of drug-likeness (QED) is 0.590. The summed E-state index contributed by atoms with van der Waals surface area (Å²) >= 11 is 0. The van der Waals surface area contributed by atoms with Crippen LogP contribution in [0.3, 0.4) is 0 Å². The van der Waals surface area contributed by atoms with Crippen molar-refractivity contribution in [1.82, 2.24) is 20.0 Å². The van der Waals surface area contributed by atoms with Gasteiger partial charge < -0.3 is 14.5 Å². The van der Waals surface area contributed by atoms with Crippen LogP contribution in [0.2, 0.25) is 0 Å². The maximum absolute atomic E-state index is 15.4. The molecule has 0 saturated carbocycles. The summed E-state index contributed by atoms with van der Waals surface area (Å²) in [6, 6.07) is 5.53. The Bertz CT molecular complexity index is 1220. The number of hydrogen-bond acceptors (Lipinski definition) is 6. The first kappa shape index (κ1) is 26.4. The molecular formula is C27H35F2N5O4. The lowest BCUT2D eigenvalue weighted by atomic mass is 9.80. The molecule has 2 atom stereocenters. The number of carbonyl (C=O) groups excluding carboxylic acids is 3. The normalized spacial score (nSPS) is 24.5. The zero-order valence-corrected chi connectivity index (χ0v) is 21.9. The summed E-state index contributed by atoms with van der Waals surface area (Å²) in [5.41, 5.74) is 2.08. The van der Waals surface area contributed by atoms with E-state index in [0.717, 1.165) is 23.7 Å². The number of aromatic nitrogens is 2. The number of fused-ring (bicyclic) bond motifs is 1. The Hall–Kier alpha value is -3.24. The minimum Gasteiger partial charge on any atom is -0.450 e. The lowest BCUT2D eigenvalue weighted by Gasteiger charge is -2.41. The molecule has 0 aliphatic carbocycles. The van der Waals surface area contributed by atoms with Crippen LogP contribution in [0.1, 0.15) is 57.1 Å². The van der Waals surface area contributed by atoms with E-state index in [2.05, 4.69) is 10.4 Å². The monoisotopic (exact) mass is 531 g/mol. The van der Waals surface area contributed by atoms with Crippen molar-refractivity contribution in [1.29, 1.82) is 0 Å². The zero-order valence-electron chi connectivity index (χ0n) is 21.9. The number of likely N-dealkylation sites (tertiary alicyclic amines) is 1. The Labute approximate surface area is 220 Å². The van der Waals surface area contributed by atoms with Gasteiger partial charge in [-0.2, -0.15) is 5.10 Å². The number of amides is 3. The molecule has 1 aromatic carbocycles. The Morgan fingerprint density at radius 2 is 1.92 bits per heavy atom. The van der Waals surface area contributed by atoms with Crippen LogP contribution in [-0.4, -0.2) is 71.3 Å². The van der Waals surface area contributed by atoms with Crippen molar-refractivity contribution in [3.05, 3.63) is 23.9 Å². The van der Waals surface area contributed by atoms with Crippen LogP contribution in [-0.2, 0) is 21.4 Å². The van der Waals surface area contributed by atoms with Gasteiger partial charge in [-0.05, 0) is 63.1 Å². The van der Waals surface area contributed by atoms with E-state index in [4.69, 9.17) is 4.74 Å². The van der Waals surface area contributed by atoms with Crippen LogP contribution < -0.4 is 10.2 Å². The lowest BCUT2D eigenvalue weighted by molar-refractivity contribution is -0.134. The minimum atomic E-state index is -2.82. The number of imide groups is 1. The molecule has 1 aromatic heterocycles. The van der Waals surface area contributed by atoms with Gasteiger partial charge in [0.05, 0.1) is 30.3 Å². The van der Waals surface area contributed by atoms with Gasteiger partial charge in [0.15, 0.2) is 0 Å². The number of aryl methyl sites for hydroxylation is 1. The number of nitrogens with one attached hydrogen (secondary N) is 1. The molecule has 1 N–H and O–H groups in total. The highest BCUT2D eigenvalue weighted by molar-refractivity contribution is 6.02. The molecule has 9 nitrogen and oxygen atoms in total. The predicted molar refractivity (Wildman–Crippen MR) is 137 cm³/mol. The average Bonchev–Trinajstić information content (AvgIpc) is 3.21. The lowest BCUT2D eigenvalue weighted by Crippen LogP contribution is -2.49. The summed E-state index contributed by atoms with van der Waals surface area (Å²) in [5.74, 6) is -4.46. The van der Waals surface area contributed by atoms with Crippen LogP contribution >= 0.6 is 0 Å². The van der Waals surface area contributed by atoms with Gasteiger partial charge in [0.1, 0.15) is 0 Å². The first-order valence-corrected chi connectivity index (χ1v) is 13.5. The van der Waals surface area contributed by atoms with Crippen molar-refractivity contribution in [3.63, 3.8) is 0 Å². The van der Waals surface area contributed by atoms with Crippen molar-refractivity contribution < 1.29 is 27.9 Å². The van der Waals surface area contributed by atoms with Crippen LogP contribution in [0.5, 0.6) is 0 Å². The molecular weight excluding hydrogens is 496 g/mol. The maximum atomic E-state index is 15.4. The molecule has 0 spiro atoms. The van der Waals surface area contributed by atoms with Gasteiger partial charge in [-0.15, -0.1) is 0 Å². The van der Waals surface area contributed by atoms with Crippen molar-refractivity contribution in [2.45, 2.75) is 57.3 Å². The molecule has 0 bridgehead atoms. The Kier molecular flexibility index (Phi) is 7.28. The number of anilines is 1. The zero-order chi connectivity index (χ0) is 27.0. The molecule has 5 rings (SSSR count). The Morgan fingerprint density at radius 3 is 2.61 bits per heavy atom. The number of nitrogens with zero attached hydrogens (tertiary/aromatic N) is 4. The summed E-state index contributed by atoms with van der Waals surface area (Å²) in [4.78, 5) is 39.3. The summed E-state index contributed by atoms with van der Waals surface area (Å²) in [6.45, 7) is 3.40. The summed E-state index contributed by atoms with van der Waals surface area (Å²) < 4.78 is 37.5. The van der Waals surface area contributed by atoms with E-state index >= 15 is 8.78 Å². The topological polar surface area (TPSA) is 96.8 Å². The third kappa shape index (κ3) is 5.19. The average molecular weight is 532 g/mol. The standard InChI is InChI=1S/C27H35F2N5O4/c1-3-38-26(37)33-11-8-17(9-12-33)14-18-10-13-34(16-27(18,28)29)19-4-5-20-22(15-19)32(2)31-24(20)21-6-7-23(35)30-25(21)36/h4-5,15,17-18,21H,3,6-14,16H2,1-2H3,(H,30,35,36)/t18-,21?/m1/s1. The highest BCUT2D eigenvalue weighted by atomic mass is 19.3. The summed E-state index contributed by atoms with van der Waals surface area (Å²) in [7, 11) is 1.77. The first-order valence-electron chi connectivity index (χ1n) is 13.5. The van der Waals surface area contributed by atoms with Crippen LogP contribution in [0, 0.1) is 11.8 Å². The summed E-state index contributed by atoms with van der Waals surface area (Å²) in [6.07, 6.45) is 2.66. The number of alkyl halides is 2. The van der Waals surface area contributed by atoms with E-state index in [0.29, 0.717) is 56.9 Å². The number of rotatable bonds is 5. The van der Waals surface area contributed by atoms with E-state index in [-0.39, 0.29) is 36.8 Å². The second-order valence-corrected chi connectivity index (χ2v) is 10.7. The third-order valence-corrected chi connectivity index (χ3v) is 8.30. The molecule has 1 unspecified atom stereocenters. The second-order valence-electron chi connectivity index (χ2n) is 10.7. The number of carbonyl (C=O) groups is 3. The molecule has 3 amide bonds. The fraction of sp³-hybridized carbons (Fsp3) is 0.630. The van der Waals surface area contributed by atoms with Gasteiger partial charge in [-0.25, -0.2) is 13.6 Å². The number of ether oxygens (including phenoxy) is 1. The van der Waals surface area contributed by atoms with Crippen LogP contribution in [0.4, 0.5) is 19.3 Å². The summed E-state index contributed by atoms with van der Waals surface area (Å²) in [5, 5.41) is 7.72. The van der Waals surface area contributed by atoms with Crippen molar-refractivity contribution in [3.8, 4) is 0 Å². The van der Waals surface area contributed by atoms with E-state index in [1.807, 2.05) is 18.2 Å². The predicted octanol–water partition coefficient (Wildman–Crippen LogP) is 3.81. The SMILES string of the molecule is CCOC(=O)N1CCC(C[C@H]2CCN(c3ccc4c(C5CCC(=O)NC5=O)nn(C)c4c3)CC2(F)F)CC1. The Morgan fingerprint density at radius 1 is 1.16 bits per heavy atom. The van der Waals surface area contributed by atoms with Crippen molar-refractivity contribution in [2.75, 3.05) is 37.7 Å². The van der Waals surface area contributed by atoms with E-state index < -0.39 is 17.8 Å². The highest BCUT2D eigenvalue weighted by Crippen LogP contribution is 2.41. The minimum absolute atomic E-state index is 0.180. The van der Waals surface area contributed by atoms with Crippen LogP contribution in [0.25, 0.3) is 10.9 Å². The van der Waals surface area contributed by atoms with Crippen molar-refractivity contribution >= 4 is 34.5 Å². The third-order valence-electron chi connectivity index (χ3n) is 8.30.